The van der Waals surface area contributed by atoms with Crippen LogP contribution in [0.2, 0.25) is 0 Å². The molecule has 0 heteroatoms. The van der Waals surface area contributed by atoms with E-state index in [1.165, 1.54) is 44.1 Å². The number of hydrogen-bond donors (Lipinski definition) is 0. The fourth-order valence-corrected chi connectivity index (χ4v) is 2.00. The fraction of sp³-hybridized carbons (Fsp3) is 0.625. The molecule has 0 amide bonds. The summed E-state index contributed by atoms with van der Waals surface area (Å²) in [5.74, 6) is 0. The smallest absolute Gasteiger partial charge is 0.00306 e. The van der Waals surface area contributed by atoms with Crippen molar-refractivity contribution in [1.29, 1.82) is 0 Å². The van der Waals surface area contributed by atoms with Crippen molar-refractivity contribution in [3.63, 3.8) is 0 Å². The van der Waals surface area contributed by atoms with Crippen molar-refractivity contribution >= 4 is 0 Å². The van der Waals surface area contributed by atoms with Gasteiger partial charge in [-0.1, -0.05) is 56.6 Å². The molecule has 0 nitrogen and oxygen atoms in total. The summed E-state index contributed by atoms with van der Waals surface area (Å²) in [6.45, 7) is 8.40. The van der Waals surface area contributed by atoms with E-state index in [1.807, 2.05) is 0 Å². The van der Waals surface area contributed by atoms with Gasteiger partial charge in [0, 0.05) is 5.41 Å². The lowest BCUT2D eigenvalue weighted by Gasteiger charge is -2.19. The first-order valence-corrected chi connectivity index (χ1v) is 6.72. The monoisotopic (exact) mass is 218 g/mol. The number of allylic oxidation sites excluding steroid dienone is 5. The first kappa shape index (κ1) is 13.3. The van der Waals surface area contributed by atoms with Crippen LogP contribution >= 0.6 is 0 Å². The van der Waals surface area contributed by atoms with Gasteiger partial charge in [-0.15, -0.1) is 6.58 Å². The minimum Gasteiger partial charge on any atom is -0.102 e. The Morgan fingerprint density at radius 2 is 2.06 bits per heavy atom. The molecule has 1 aliphatic rings. The summed E-state index contributed by atoms with van der Waals surface area (Å²) in [7, 11) is 0. The van der Waals surface area contributed by atoms with Crippen LogP contribution in [0.3, 0.4) is 0 Å². The van der Waals surface area contributed by atoms with Crippen LogP contribution in [0.4, 0.5) is 0 Å². The van der Waals surface area contributed by atoms with Gasteiger partial charge < -0.3 is 0 Å². The third kappa shape index (κ3) is 4.38. The molecule has 0 radical (unpaired) electrons. The summed E-state index contributed by atoms with van der Waals surface area (Å²) < 4.78 is 0. The van der Waals surface area contributed by atoms with E-state index in [0.717, 1.165) is 6.42 Å². The molecular weight excluding hydrogens is 192 g/mol. The normalized spacial score (nSPS) is 22.0. The molecule has 0 saturated carbocycles. The van der Waals surface area contributed by atoms with E-state index in [-0.39, 0.29) is 5.41 Å². The van der Waals surface area contributed by atoms with Crippen molar-refractivity contribution in [2.24, 2.45) is 5.41 Å². The Morgan fingerprint density at radius 1 is 1.31 bits per heavy atom. The highest BCUT2D eigenvalue weighted by atomic mass is 14.2. The summed E-state index contributed by atoms with van der Waals surface area (Å²) in [5.41, 5.74) is 1.70. The van der Waals surface area contributed by atoms with Crippen LogP contribution in [0.1, 0.15) is 58.8 Å². The van der Waals surface area contributed by atoms with Crippen LogP contribution in [0, 0.1) is 5.41 Å². The van der Waals surface area contributed by atoms with Gasteiger partial charge in [-0.2, -0.15) is 0 Å². The molecular formula is C16H26. The topological polar surface area (TPSA) is 0 Å². The molecule has 0 aromatic carbocycles. The lowest BCUT2D eigenvalue weighted by Crippen LogP contribution is -2.06. The van der Waals surface area contributed by atoms with E-state index in [4.69, 9.17) is 0 Å². The van der Waals surface area contributed by atoms with Crippen LogP contribution in [0.25, 0.3) is 0 Å². The molecule has 0 bridgehead atoms. The van der Waals surface area contributed by atoms with Crippen LogP contribution in [-0.2, 0) is 0 Å². The van der Waals surface area contributed by atoms with Crippen LogP contribution in [0.5, 0.6) is 0 Å². The van der Waals surface area contributed by atoms with Crippen molar-refractivity contribution in [3.05, 3.63) is 36.5 Å². The molecule has 0 aromatic heterocycles. The Morgan fingerprint density at radius 3 is 2.75 bits per heavy atom. The minimum atomic E-state index is 0.170. The fourth-order valence-electron chi connectivity index (χ4n) is 2.00. The highest BCUT2D eigenvalue weighted by Crippen LogP contribution is 2.26. The largest absolute Gasteiger partial charge is 0.102 e. The van der Waals surface area contributed by atoms with Crippen molar-refractivity contribution < 1.29 is 0 Å². The predicted octanol–water partition coefficient (Wildman–Crippen LogP) is 5.43. The van der Waals surface area contributed by atoms with Crippen molar-refractivity contribution in [3.8, 4) is 0 Å². The Labute approximate surface area is 101 Å². The standard InChI is InChI=1S/C16H26/c1-4-16(3,5-2)14-13-15-11-9-7-6-8-10-12-15/h4,11,13-14H,1,5-10,12H2,2-3H3. The first-order valence-electron chi connectivity index (χ1n) is 6.72. The molecule has 16 heavy (non-hydrogen) atoms. The van der Waals surface area contributed by atoms with Crippen molar-refractivity contribution in [1.82, 2.24) is 0 Å². The maximum Gasteiger partial charge on any atom is 0.00306 e. The van der Waals surface area contributed by atoms with Gasteiger partial charge in [0.25, 0.3) is 0 Å². The second kappa shape index (κ2) is 6.73. The zero-order valence-corrected chi connectivity index (χ0v) is 11.0. The zero-order chi connectivity index (χ0) is 11.9. The molecule has 1 atom stereocenters. The molecule has 0 heterocycles. The summed E-state index contributed by atoms with van der Waals surface area (Å²) >= 11 is 0. The van der Waals surface area contributed by atoms with Gasteiger partial charge in [0.15, 0.2) is 0 Å². The van der Waals surface area contributed by atoms with Crippen LogP contribution < -0.4 is 0 Å². The number of hydrogen-bond acceptors (Lipinski definition) is 0. The molecule has 0 fully saturated rings. The second-order valence-corrected chi connectivity index (χ2v) is 5.13. The highest BCUT2D eigenvalue weighted by Gasteiger charge is 2.12. The second-order valence-electron chi connectivity index (χ2n) is 5.13. The van der Waals surface area contributed by atoms with Crippen LogP contribution in [-0.4, -0.2) is 0 Å². The van der Waals surface area contributed by atoms with E-state index in [2.05, 4.69) is 44.7 Å². The van der Waals surface area contributed by atoms with Gasteiger partial charge in [-0.05, 0) is 32.1 Å². The average molecular weight is 218 g/mol. The third-order valence-corrected chi connectivity index (χ3v) is 3.73. The molecule has 1 rings (SSSR count). The number of rotatable bonds is 4. The Hall–Kier alpha value is -0.780. The third-order valence-electron chi connectivity index (χ3n) is 3.73. The van der Waals surface area contributed by atoms with E-state index in [0.29, 0.717) is 0 Å². The maximum atomic E-state index is 3.93. The molecule has 1 aliphatic carbocycles. The van der Waals surface area contributed by atoms with E-state index >= 15 is 0 Å². The summed E-state index contributed by atoms with van der Waals surface area (Å²) in [6.07, 6.45) is 18.3. The quantitative estimate of drug-likeness (QED) is 0.552. The minimum absolute atomic E-state index is 0.170. The molecule has 1 unspecified atom stereocenters. The average Bonchev–Trinajstić information content (AvgIpc) is 2.27. The zero-order valence-electron chi connectivity index (χ0n) is 11.0. The summed E-state index contributed by atoms with van der Waals surface area (Å²) in [6, 6.07) is 0. The van der Waals surface area contributed by atoms with Crippen molar-refractivity contribution in [2.45, 2.75) is 58.8 Å². The van der Waals surface area contributed by atoms with Gasteiger partial charge in [-0.25, -0.2) is 0 Å². The highest BCUT2D eigenvalue weighted by molar-refractivity contribution is 5.22. The summed E-state index contributed by atoms with van der Waals surface area (Å²) in [5, 5.41) is 0. The van der Waals surface area contributed by atoms with E-state index in [1.54, 1.807) is 0 Å². The molecule has 0 N–H and O–H groups in total. The predicted molar refractivity (Wildman–Crippen MR) is 73.5 cm³/mol. The van der Waals surface area contributed by atoms with Crippen molar-refractivity contribution in [2.75, 3.05) is 0 Å². The van der Waals surface area contributed by atoms with Gasteiger partial charge >= 0.3 is 0 Å². The molecule has 0 spiro atoms. The SMILES string of the molecule is C=CC(C)(C=CC1=CCCCCCC1)CC. The van der Waals surface area contributed by atoms with Gasteiger partial charge in [0.05, 0.1) is 0 Å². The molecule has 0 saturated heterocycles. The van der Waals surface area contributed by atoms with E-state index < -0.39 is 0 Å². The van der Waals surface area contributed by atoms with E-state index in [9.17, 15) is 0 Å². The lowest BCUT2D eigenvalue weighted by molar-refractivity contribution is 0.530. The Bertz CT molecular complexity index is 270. The Balaban J connectivity index is 2.62. The lowest BCUT2D eigenvalue weighted by atomic mass is 9.86. The first-order chi connectivity index (χ1) is 7.70. The van der Waals surface area contributed by atoms with Gasteiger partial charge in [0.2, 0.25) is 0 Å². The maximum absolute atomic E-state index is 3.93. The molecule has 0 aliphatic heterocycles. The Kier molecular flexibility index (Phi) is 5.59. The molecule has 0 aromatic rings. The summed E-state index contributed by atoms with van der Waals surface area (Å²) in [4.78, 5) is 0. The van der Waals surface area contributed by atoms with Gasteiger partial charge in [0.1, 0.15) is 0 Å². The van der Waals surface area contributed by atoms with Gasteiger partial charge in [-0.3, -0.25) is 0 Å². The molecule has 90 valence electrons. The van der Waals surface area contributed by atoms with Crippen LogP contribution in [0.15, 0.2) is 36.5 Å².